The fourth-order valence-corrected chi connectivity index (χ4v) is 1.74. The third kappa shape index (κ3) is 1.24. The highest BCUT2D eigenvalue weighted by Gasteiger charge is 2.21. The van der Waals surface area contributed by atoms with Gasteiger partial charge in [0.1, 0.15) is 3.70 Å². The summed E-state index contributed by atoms with van der Waals surface area (Å²) in [6.45, 7) is 0. The summed E-state index contributed by atoms with van der Waals surface area (Å²) in [7, 11) is 0. The van der Waals surface area contributed by atoms with Crippen LogP contribution in [0.1, 0.15) is 0 Å². The molecule has 0 radical (unpaired) electrons. The van der Waals surface area contributed by atoms with Crippen molar-refractivity contribution in [2.45, 2.75) is 0 Å². The van der Waals surface area contributed by atoms with Gasteiger partial charge >= 0.3 is 5.69 Å². The SMILES string of the molecule is O=[N+]([O-])c1c(F)ccc2c(I)[nH]nc12. The number of rotatable bonds is 1. The Balaban J connectivity index is 2.90. The molecule has 0 spiro atoms. The number of nitrogens with zero attached hydrogens (tertiary/aromatic N) is 2. The molecule has 5 nitrogen and oxygen atoms in total. The number of benzene rings is 1. The maximum atomic E-state index is 13.1. The van der Waals surface area contributed by atoms with Gasteiger partial charge in [-0.1, -0.05) is 0 Å². The zero-order valence-corrected chi connectivity index (χ0v) is 8.78. The van der Waals surface area contributed by atoms with E-state index >= 15 is 0 Å². The van der Waals surface area contributed by atoms with Crippen LogP contribution in [0.15, 0.2) is 12.1 Å². The molecule has 0 aliphatic carbocycles. The summed E-state index contributed by atoms with van der Waals surface area (Å²) in [6, 6.07) is 2.53. The number of halogens is 2. The smallest absolute Gasteiger partial charge is 0.271 e. The van der Waals surface area contributed by atoms with E-state index in [4.69, 9.17) is 0 Å². The van der Waals surface area contributed by atoms with E-state index in [1.807, 2.05) is 22.6 Å². The summed E-state index contributed by atoms with van der Waals surface area (Å²) in [6.07, 6.45) is 0. The second-order valence-corrected chi connectivity index (χ2v) is 3.67. The minimum absolute atomic E-state index is 0.0550. The van der Waals surface area contributed by atoms with Crippen LogP contribution in [0.25, 0.3) is 10.9 Å². The second kappa shape index (κ2) is 3.15. The van der Waals surface area contributed by atoms with Gasteiger partial charge in [-0.25, -0.2) is 0 Å². The first-order valence-corrected chi connectivity index (χ1v) is 4.65. The highest BCUT2D eigenvalue weighted by atomic mass is 127. The Morgan fingerprint density at radius 1 is 1.57 bits per heavy atom. The average molecular weight is 307 g/mol. The van der Waals surface area contributed by atoms with Gasteiger partial charge in [0.2, 0.25) is 5.82 Å². The van der Waals surface area contributed by atoms with Crippen molar-refractivity contribution in [3.8, 4) is 0 Å². The Kier molecular flexibility index (Phi) is 2.10. The summed E-state index contributed by atoms with van der Waals surface area (Å²) in [5.74, 6) is -0.870. The normalized spacial score (nSPS) is 10.7. The molecule has 0 aliphatic rings. The predicted molar refractivity (Wildman–Crippen MR) is 55.4 cm³/mol. The van der Waals surface area contributed by atoms with Gasteiger partial charge in [0, 0.05) is 5.39 Å². The highest BCUT2D eigenvalue weighted by molar-refractivity contribution is 14.1. The molecule has 1 aromatic carbocycles. The molecular formula is C7H3FIN3O2. The van der Waals surface area contributed by atoms with Crippen molar-refractivity contribution in [1.82, 2.24) is 10.2 Å². The number of hydrogen-bond acceptors (Lipinski definition) is 3. The number of aromatic nitrogens is 2. The lowest BCUT2D eigenvalue weighted by Crippen LogP contribution is -1.93. The van der Waals surface area contributed by atoms with E-state index in [9.17, 15) is 14.5 Å². The minimum atomic E-state index is -0.870. The van der Waals surface area contributed by atoms with Crippen LogP contribution in [0.4, 0.5) is 10.1 Å². The Morgan fingerprint density at radius 2 is 2.29 bits per heavy atom. The first-order chi connectivity index (χ1) is 6.61. The highest BCUT2D eigenvalue weighted by Crippen LogP contribution is 2.28. The maximum absolute atomic E-state index is 13.1. The zero-order chi connectivity index (χ0) is 10.3. The van der Waals surface area contributed by atoms with Crippen molar-refractivity contribution < 1.29 is 9.31 Å². The van der Waals surface area contributed by atoms with Crippen molar-refractivity contribution in [2.75, 3.05) is 0 Å². The fourth-order valence-electron chi connectivity index (χ4n) is 1.18. The van der Waals surface area contributed by atoms with Crippen LogP contribution in [-0.2, 0) is 0 Å². The van der Waals surface area contributed by atoms with Crippen LogP contribution in [0.2, 0.25) is 0 Å². The van der Waals surface area contributed by atoms with Crippen molar-refractivity contribution >= 4 is 39.2 Å². The van der Waals surface area contributed by atoms with Crippen molar-refractivity contribution in [3.05, 3.63) is 31.8 Å². The third-order valence-corrected chi connectivity index (χ3v) is 2.61. The number of nitro benzene ring substituents is 1. The van der Waals surface area contributed by atoms with Gasteiger partial charge in [0.15, 0.2) is 5.52 Å². The molecule has 0 unspecified atom stereocenters. The molecule has 0 fully saturated rings. The Labute approximate surface area is 90.6 Å². The molecule has 72 valence electrons. The van der Waals surface area contributed by atoms with Gasteiger partial charge in [-0.2, -0.15) is 9.49 Å². The molecule has 7 heteroatoms. The molecule has 1 heterocycles. The van der Waals surface area contributed by atoms with Crippen LogP contribution in [0.3, 0.4) is 0 Å². The van der Waals surface area contributed by atoms with Gasteiger partial charge in [-0.15, -0.1) is 0 Å². The lowest BCUT2D eigenvalue weighted by molar-refractivity contribution is -0.385. The summed E-state index contributed by atoms with van der Waals surface area (Å²) < 4.78 is 13.7. The Bertz CT molecular complexity index is 525. The molecule has 0 bridgehead atoms. The topological polar surface area (TPSA) is 71.8 Å². The van der Waals surface area contributed by atoms with Gasteiger partial charge in [0.25, 0.3) is 0 Å². The zero-order valence-electron chi connectivity index (χ0n) is 6.62. The molecule has 0 amide bonds. The van der Waals surface area contributed by atoms with Gasteiger partial charge in [-0.3, -0.25) is 15.2 Å². The van der Waals surface area contributed by atoms with Crippen molar-refractivity contribution in [3.63, 3.8) is 0 Å². The van der Waals surface area contributed by atoms with E-state index in [-0.39, 0.29) is 5.52 Å². The number of fused-ring (bicyclic) bond motifs is 1. The Morgan fingerprint density at radius 3 is 2.93 bits per heavy atom. The molecule has 0 saturated heterocycles. The molecule has 0 atom stereocenters. The van der Waals surface area contributed by atoms with Gasteiger partial charge < -0.3 is 0 Å². The molecule has 14 heavy (non-hydrogen) atoms. The van der Waals surface area contributed by atoms with Crippen LogP contribution >= 0.6 is 22.6 Å². The number of H-pyrrole nitrogens is 1. The summed E-state index contributed by atoms with van der Waals surface area (Å²) >= 11 is 1.94. The summed E-state index contributed by atoms with van der Waals surface area (Å²) in [5.41, 5.74) is -0.527. The Hall–Kier alpha value is -1.25. The standard InChI is InChI=1S/C7H3FIN3O2/c8-4-2-1-3-5(6(4)12(13)14)10-11-7(3)9/h1-2H,(H,10,11). The minimum Gasteiger partial charge on any atom is -0.271 e. The summed E-state index contributed by atoms with van der Waals surface area (Å²) in [4.78, 5) is 9.78. The van der Waals surface area contributed by atoms with E-state index in [0.717, 1.165) is 6.07 Å². The van der Waals surface area contributed by atoms with Crippen LogP contribution in [0.5, 0.6) is 0 Å². The van der Waals surface area contributed by atoms with E-state index in [0.29, 0.717) is 9.09 Å². The van der Waals surface area contributed by atoms with E-state index in [1.165, 1.54) is 6.07 Å². The van der Waals surface area contributed by atoms with Gasteiger partial charge in [0.05, 0.1) is 4.92 Å². The quantitative estimate of drug-likeness (QED) is 0.499. The number of aromatic amines is 1. The monoisotopic (exact) mass is 307 g/mol. The summed E-state index contributed by atoms with van der Waals surface area (Å²) in [5, 5.41) is 17.4. The number of nitro groups is 1. The number of hydrogen-bond donors (Lipinski definition) is 1. The van der Waals surface area contributed by atoms with Crippen molar-refractivity contribution in [2.24, 2.45) is 0 Å². The van der Waals surface area contributed by atoms with Crippen LogP contribution < -0.4 is 0 Å². The van der Waals surface area contributed by atoms with E-state index in [2.05, 4.69) is 10.2 Å². The molecule has 0 aliphatic heterocycles. The molecule has 1 N–H and O–H groups in total. The second-order valence-electron chi connectivity index (χ2n) is 2.59. The first kappa shape index (κ1) is 9.31. The molecule has 2 rings (SSSR count). The van der Waals surface area contributed by atoms with E-state index in [1.54, 1.807) is 0 Å². The first-order valence-electron chi connectivity index (χ1n) is 3.57. The maximum Gasteiger partial charge on any atom is 0.332 e. The predicted octanol–water partition coefficient (Wildman–Crippen LogP) is 2.21. The lowest BCUT2D eigenvalue weighted by Gasteiger charge is -1.93. The van der Waals surface area contributed by atoms with Crippen molar-refractivity contribution in [1.29, 1.82) is 0 Å². The fraction of sp³-hybridized carbons (Fsp3) is 0. The van der Waals surface area contributed by atoms with E-state index < -0.39 is 16.4 Å². The number of nitrogens with one attached hydrogen (secondary N) is 1. The van der Waals surface area contributed by atoms with Gasteiger partial charge in [-0.05, 0) is 34.7 Å². The van der Waals surface area contributed by atoms with Crippen LogP contribution in [-0.4, -0.2) is 15.1 Å². The largest absolute Gasteiger partial charge is 0.332 e. The van der Waals surface area contributed by atoms with Crippen LogP contribution in [0, 0.1) is 19.6 Å². The lowest BCUT2D eigenvalue weighted by atomic mass is 10.2. The molecular weight excluding hydrogens is 304 g/mol. The molecule has 1 aromatic heterocycles. The average Bonchev–Trinajstić information content (AvgIpc) is 2.47. The molecule has 0 saturated carbocycles. The third-order valence-electron chi connectivity index (χ3n) is 1.79. The molecule has 2 aromatic rings.